The summed E-state index contributed by atoms with van der Waals surface area (Å²) in [7, 11) is 1.61. The van der Waals surface area contributed by atoms with Gasteiger partial charge in [-0.2, -0.15) is 0 Å². The lowest BCUT2D eigenvalue weighted by Crippen LogP contribution is -1.98. The first-order chi connectivity index (χ1) is 14.7. The predicted octanol–water partition coefficient (Wildman–Crippen LogP) is 6.32. The van der Waals surface area contributed by atoms with Crippen LogP contribution in [0.4, 0.5) is 0 Å². The van der Waals surface area contributed by atoms with Gasteiger partial charge >= 0.3 is 0 Å². The summed E-state index contributed by atoms with van der Waals surface area (Å²) >= 11 is 0. The summed E-state index contributed by atoms with van der Waals surface area (Å²) in [5, 5.41) is 2.17. The van der Waals surface area contributed by atoms with E-state index in [1.165, 1.54) is 0 Å². The van der Waals surface area contributed by atoms with Crippen LogP contribution in [0, 0.1) is 0 Å². The molecule has 4 rings (SSSR count). The molecule has 0 saturated carbocycles. The molecular weight excluding hydrogens is 372 g/mol. The molecule has 3 heteroatoms. The van der Waals surface area contributed by atoms with Crippen LogP contribution in [0.2, 0.25) is 0 Å². The molecule has 148 valence electrons. The molecule has 0 heterocycles. The number of allylic oxidation sites excluding steroid dienone is 1. The first kappa shape index (κ1) is 19.5. The van der Waals surface area contributed by atoms with E-state index in [2.05, 4.69) is 0 Å². The Balaban J connectivity index is 1.51. The van der Waals surface area contributed by atoms with Crippen LogP contribution in [-0.2, 0) is 6.61 Å². The Morgan fingerprint density at radius 2 is 1.57 bits per heavy atom. The molecule has 0 bridgehead atoms. The van der Waals surface area contributed by atoms with Crippen LogP contribution in [0.5, 0.6) is 11.5 Å². The molecule has 0 aliphatic heterocycles. The summed E-state index contributed by atoms with van der Waals surface area (Å²) in [6, 6.07) is 29.3. The topological polar surface area (TPSA) is 35.5 Å². The number of benzene rings is 4. The van der Waals surface area contributed by atoms with E-state index < -0.39 is 0 Å². The molecule has 0 fully saturated rings. The molecule has 0 aliphatic carbocycles. The zero-order valence-electron chi connectivity index (χ0n) is 16.7. The van der Waals surface area contributed by atoms with Gasteiger partial charge in [0.25, 0.3) is 0 Å². The van der Waals surface area contributed by atoms with E-state index in [9.17, 15) is 4.79 Å². The van der Waals surface area contributed by atoms with Crippen molar-refractivity contribution in [1.29, 1.82) is 0 Å². The molecule has 0 spiro atoms. The molecule has 0 atom stereocenters. The molecule has 0 radical (unpaired) electrons. The van der Waals surface area contributed by atoms with Crippen LogP contribution in [-0.4, -0.2) is 12.9 Å². The van der Waals surface area contributed by atoms with E-state index in [0.29, 0.717) is 23.7 Å². The standard InChI is InChI=1S/C27H22O3/c1-29-26-16-12-20(17-27(26)30-19-21-7-3-2-4-8-21)11-15-25(28)24-14-13-22-9-5-6-10-23(22)18-24/h2-18H,19H2,1H3/b15-11+. The summed E-state index contributed by atoms with van der Waals surface area (Å²) in [6.07, 6.45) is 3.39. The van der Waals surface area contributed by atoms with Crippen LogP contribution in [0.3, 0.4) is 0 Å². The van der Waals surface area contributed by atoms with Crippen molar-refractivity contribution < 1.29 is 14.3 Å². The van der Waals surface area contributed by atoms with Crippen molar-refractivity contribution in [1.82, 2.24) is 0 Å². The molecular formula is C27H22O3. The molecule has 0 amide bonds. The third kappa shape index (κ3) is 4.58. The van der Waals surface area contributed by atoms with Crippen LogP contribution in [0.15, 0.2) is 97.1 Å². The average Bonchev–Trinajstić information content (AvgIpc) is 2.81. The minimum absolute atomic E-state index is 0.0386. The third-order valence-electron chi connectivity index (χ3n) is 4.89. The number of ketones is 1. The fourth-order valence-electron chi connectivity index (χ4n) is 3.26. The Bertz CT molecular complexity index is 1190. The van der Waals surface area contributed by atoms with Crippen LogP contribution in [0.25, 0.3) is 16.8 Å². The number of rotatable bonds is 7. The van der Waals surface area contributed by atoms with Gasteiger partial charge in [-0.3, -0.25) is 4.79 Å². The first-order valence-electron chi connectivity index (χ1n) is 9.79. The highest BCUT2D eigenvalue weighted by molar-refractivity contribution is 6.08. The Morgan fingerprint density at radius 3 is 2.37 bits per heavy atom. The van der Waals surface area contributed by atoms with Crippen molar-refractivity contribution in [2.75, 3.05) is 7.11 Å². The average molecular weight is 394 g/mol. The summed E-state index contributed by atoms with van der Waals surface area (Å²) in [6.45, 7) is 0.445. The number of hydrogen-bond donors (Lipinski definition) is 0. The zero-order valence-corrected chi connectivity index (χ0v) is 16.7. The Kier molecular flexibility index (Phi) is 5.90. The largest absolute Gasteiger partial charge is 0.493 e. The Labute approximate surface area is 176 Å². The number of methoxy groups -OCH3 is 1. The Hall–Kier alpha value is -3.85. The van der Waals surface area contributed by atoms with Gasteiger partial charge < -0.3 is 9.47 Å². The monoisotopic (exact) mass is 394 g/mol. The lowest BCUT2D eigenvalue weighted by atomic mass is 10.0. The van der Waals surface area contributed by atoms with Gasteiger partial charge in [-0.1, -0.05) is 78.9 Å². The lowest BCUT2D eigenvalue weighted by Gasteiger charge is -2.11. The highest BCUT2D eigenvalue weighted by Gasteiger charge is 2.07. The minimum Gasteiger partial charge on any atom is -0.493 e. The second-order valence-electron chi connectivity index (χ2n) is 6.94. The normalized spacial score (nSPS) is 11.0. The van der Waals surface area contributed by atoms with E-state index >= 15 is 0 Å². The Morgan fingerprint density at radius 1 is 0.800 bits per heavy atom. The molecule has 0 saturated heterocycles. The van der Waals surface area contributed by atoms with Gasteiger partial charge in [-0.15, -0.1) is 0 Å². The number of ether oxygens (including phenoxy) is 2. The van der Waals surface area contributed by atoms with Crippen molar-refractivity contribution in [3.63, 3.8) is 0 Å². The fraction of sp³-hybridized carbons (Fsp3) is 0.0741. The minimum atomic E-state index is -0.0386. The second kappa shape index (κ2) is 9.10. The van der Waals surface area contributed by atoms with Crippen LogP contribution < -0.4 is 9.47 Å². The van der Waals surface area contributed by atoms with E-state index in [4.69, 9.17) is 9.47 Å². The van der Waals surface area contributed by atoms with Crippen LogP contribution >= 0.6 is 0 Å². The zero-order chi connectivity index (χ0) is 20.8. The molecule has 0 N–H and O–H groups in total. The van der Waals surface area contributed by atoms with Crippen molar-refractivity contribution in [3.8, 4) is 11.5 Å². The van der Waals surface area contributed by atoms with E-state index in [-0.39, 0.29) is 5.78 Å². The third-order valence-corrected chi connectivity index (χ3v) is 4.89. The van der Waals surface area contributed by atoms with Gasteiger partial charge in [0.15, 0.2) is 17.3 Å². The van der Waals surface area contributed by atoms with Crippen molar-refractivity contribution in [2.24, 2.45) is 0 Å². The van der Waals surface area contributed by atoms with Gasteiger partial charge in [0.1, 0.15) is 6.61 Å². The van der Waals surface area contributed by atoms with E-state index in [1.54, 1.807) is 19.3 Å². The van der Waals surface area contributed by atoms with Crippen LogP contribution in [0.1, 0.15) is 21.5 Å². The number of carbonyl (C=O) groups is 1. The van der Waals surface area contributed by atoms with Gasteiger partial charge in [0, 0.05) is 5.56 Å². The molecule has 4 aromatic carbocycles. The van der Waals surface area contributed by atoms with Gasteiger partial charge in [-0.25, -0.2) is 0 Å². The fourth-order valence-corrected chi connectivity index (χ4v) is 3.26. The number of fused-ring (bicyclic) bond motifs is 1. The molecule has 3 nitrogen and oxygen atoms in total. The maximum absolute atomic E-state index is 12.6. The molecule has 0 unspecified atom stereocenters. The summed E-state index contributed by atoms with van der Waals surface area (Å²) in [4.78, 5) is 12.6. The highest BCUT2D eigenvalue weighted by atomic mass is 16.5. The van der Waals surface area contributed by atoms with Crippen molar-refractivity contribution in [2.45, 2.75) is 6.61 Å². The van der Waals surface area contributed by atoms with E-state index in [1.807, 2.05) is 91.0 Å². The molecule has 4 aromatic rings. The maximum Gasteiger partial charge on any atom is 0.185 e. The first-order valence-corrected chi connectivity index (χ1v) is 9.79. The SMILES string of the molecule is COc1ccc(/C=C/C(=O)c2ccc3ccccc3c2)cc1OCc1ccccc1. The van der Waals surface area contributed by atoms with Gasteiger partial charge in [-0.05, 0) is 46.2 Å². The smallest absolute Gasteiger partial charge is 0.185 e. The maximum atomic E-state index is 12.6. The lowest BCUT2D eigenvalue weighted by molar-refractivity contribution is 0.104. The summed E-state index contributed by atoms with van der Waals surface area (Å²) < 4.78 is 11.4. The van der Waals surface area contributed by atoms with E-state index in [0.717, 1.165) is 21.9 Å². The predicted molar refractivity (Wildman–Crippen MR) is 121 cm³/mol. The number of hydrogen-bond acceptors (Lipinski definition) is 3. The quantitative estimate of drug-likeness (QED) is 0.272. The van der Waals surface area contributed by atoms with Crippen molar-refractivity contribution in [3.05, 3.63) is 114 Å². The molecule has 0 aliphatic rings. The highest BCUT2D eigenvalue weighted by Crippen LogP contribution is 2.29. The van der Waals surface area contributed by atoms with Crippen molar-refractivity contribution >= 4 is 22.6 Å². The molecule has 0 aromatic heterocycles. The number of carbonyl (C=O) groups excluding carboxylic acids is 1. The summed E-state index contributed by atoms with van der Waals surface area (Å²) in [5.41, 5.74) is 2.61. The van der Waals surface area contributed by atoms with Gasteiger partial charge in [0.2, 0.25) is 0 Å². The molecule has 30 heavy (non-hydrogen) atoms. The summed E-state index contributed by atoms with van der Waals surface area (Å²) in [5.74, 6) is 1.26. The second-order valence-corrected chi connectivity index (χ2v) is 6.94. The van der Waals surface area contributed by atoms with Gasteiger partial charge in [0.05, 0.1) is 7.11 Å².